The van der Waals surface area contributed by atoms with Crippen LogP contribution in [0.2, 0.25) is 0 Å². The number of ether oxygens (including phenoxy) is 1. The van der Waals surface area contributed by atoms with E-state index >= 15 is 0 Å². The van der Waals surface area contributed by atoms with Gasteiger partial charge in [0.25, 0.3) is 0 Å². The summed E-state index contributed by atoms with van der Waals surface area (Å²) in [6, 6.07) is 9.48. The molecule has 2 rings (SSSR count). The van der Waals surface area contributed by atoms with Crippen LogP contribution in [0.5, 0.6) is 5.88 Å². The first-order valence-electron chi connectivity index (χ1n) is 5.28. The van der Waals surface area contributed by atoms with Gasteiger partial charge in [0.05, 0.1) is 10.2 Å². The van der Waals surface area contributed by atoms with Crippen molar-refractivity contribution in [3.8, 4) is 11.6 Å². The predicted octanol–water partition coefficient (Wildman–Crippen LogP) is 2.49. The molecule has 0 aliphatic heterocycles. The van der Waals surface area contributed by atoms with E-state index in [0.29, 0.717) is 4.47 Å². The van der Waals surface area contributed by atoms with Crippen LogP contribution in [0.4, 0.5) is 0 Å². The largest absolute Gasteiger partial charge is 0.479 e. The molecule has 6 heteroatoms. The van der Waals surface area contributed by atoms with Gasteiger partial charge in [-0.1, -0.05) is 18.2 Å². The third kappa shape index (κ3) is 2.70. The monoisotopic (exact) mass is 310 g/mol. The van der Waals surface area contributed by atoms with Crippen molar-refractivity contribution in [1.82, 2.24) is 9.78 Å². The van der Waals surface area contributed by atoms with Crippen molar-refractivity contribution < 1.29 is 14.6 Å². The predicted molar refractivity (Wildman–Crippen MR) is 69.0 cm³/mol. The van der Waals surface area contributed by atoms with Crippen molar-refractivity contribution >= 4 is 21.9 Å². The van der Waals surface area contributed by atoms with E-state index in [0.717, 1.165) is 5.69 Å². The summed E-state index contributed by atoms with van der Waals surface area (Å²) in [6.07, 6.45) is 0.777. The Morgan fingerprint density at radius 3 is 2.72 bits per heavy atom. The molecule has 0 unspecified atom stereocenters. The number of halogens is 1. The molecule has 0 bridgehead atoms. The zero-order valence-corrected chi connectivity index (χ0v) is 11.2. The first-order chi connectivity index (χ1) is 8.58. The molecule has 1 N–H and O–H groups in total. The highest BCUT2D eigenvalue weighted by Crippen LogP contribution is 2.25. The number of hydrogen-bond donors (Lipinski definition) is 1. The van der Waals surface area contributed by atoms with Crippen LogP contribution < -0.4 is 4.74 Å². The minimum atomic E-state index is -1.03. The van der Waals surface area contributed by atoms with Gasteiger partial charge in [0, 0.05) is 6.20 Å². The van der Waals surface area contributed by atoms with Crippen LogP contribution in [0.3, 0.4) is 0 Å². The van der Waals surface area contributed by atoms with E-state index < -0.39 is 12.1 Å². The number of hydrogen-bond acceptors (Lipinski definition) is 3. The SMILES string of the molecule is C[C@H](Oc1nn(-c2ccccc2)cc1Br)C(=O)O. The van der Waals surface area contributed by atoms with Crippen LogP contribution in [0.1, 0.15) is 6.92 Å². The highest BCUT2D eigenvalue weighted by molar-refractivity contribution is 9.10. The van der Waals surface area contributed by atoms with Gasteiger partial charge in [0.1, 0.15) is 0 Å². The second-order valence-corrected chi connectivity index (χ2v) is 4.51. The summed E-state index contributed by atoms with van der Waals surface area (Å²) in [4.78, 5) is 10.7. The van der Waals surface area contributed by atoms with E-state index in [4.69, 9.17) is 9.84 Å². The molecule has 0 saturated carbocycles. The van der Waals surface area contributed by atoms with Gasteiger partial charge in [0.2, 0.25) is 5.88 Å². The highest BCUT2D eigenvalue weighted by atomic mass is 79.9. The fraction of sp³-hybridized carbons (Fsp3) is 0.167. The zero-order chi connectivity index (χ0) is 13.1. The molecule has 0 aliphatic carbocycles. The van der Waals surface area contributed by atoms with Gasteiger partial charge in [-0.3, -0.25) is 0 Å². The Bertz CT molecular complexity index is 554. The number of aliphatic carboxylic acids is 1. The number of aromatic nitrogens is 2. The average molecular weight is 311 g/mol. The maximum absolute atomic E-state index is 10.7. The van der Waals surface area contributed by atoms with Gasteiger partial charge >= 0.3 is 5.97 Å². The molecule has 5 nitrogen and oxygen atoms in total. The Balaban J connectivity index is 2.25. The Hall–Kier alpha value is -1.82. The standard InChI is InChI=1S/C12H11BrN2O3/c1-8(12(16)17)18-11-10(13)7-15(14-11)9-5-3-2-4-6-9/h2-8H,1H3,(H,16,17)/t8-/m0/s1. The van der Waals surface area contributed by atoms with Gasteiger partial charge in [-0.2, -0.15) is 0 Å². The molecule has 0 radical (unpaired) electrons. The summed E-state index contributed by atoms with van der Waals surface area (Å²) in [7, 11) is 0. The van der Waals surface area contributed by atoms with E-state index in [2.05, 4.69) is 21.0 Å². The number of carboxylic acids is 1. The number of rotatable bonds is 4. The van der Waals surface area contributed by atoms with E-state index in [1.54, 1.807) is 10.9 Å². The molecule has 1 aromatic carbocycles. The summed E-state index contributed by atoms with van der Waals surface area (Å²) >= 11 is 3.29. The molecule has 0 spiro atoms. The fourth-order valence-corrected chi connectivity index (χ4v) is 1.71. The lowest BCUT2D eigenvalue weighted by Gasteiger charge is -2.07. The minimum absolute atomic E-state index is 0.258. The number of carboxylic acid groups (broad SMARTS) is 1. The molecular formula is C12H11BrN2O3. The summed E-state index contributed by atoms with van der Waals surface area (Å²) in [6.45, 7) is 1.45. The molecule has 18 heavy (non-hydrogen) atoms. The molecular weight excluding hydrogens is 300 g/mol. The third-order valence-electron chi connectivity index (χ3n) is 2.30. The van der Waals surface area contributed by atoms with E-state index in [1.165, 1.54) is 6.92 Å². The maximum Gasteiger partial charge on any atom is 0.344 e. The summed E-state index contributed by atoms with van der Waals surface area (Å²) in [5, 5.41) is 13.0. The van der Waals surface area contributed by atoms with E-state index in [1.807, 2.05) is 30.3 Å². The van der Waals surface area contributed by atoms with E-state index in [-0.39, 0.29) is 5.88 Å². The second-order valence-electron chi connectivity index (χ2n) is 3.66. The lowest BCUT2D eigenvalue weighted by atomic mass is 10.3. The molecule has 1 heterocycles. The summed E-state index contributed by atoms with van der Waals surface area (Å²) < 4.78 is 7.46. The van der Waals surface area contributed by atoms with Crippen molar-refractivity contribution in [3.05, 3.63) is 41.0 Å². The third-order valence-corrected chi connectivity index (χ3v) is 2.84. The van der Waals surface area contributed by atoms with Gasteiger partial charge in [0.15, 0.2) is 6.10 Å². The van der Waals surface area contributed by atoms with Crippen molar-refractivity contribution in [3.63, 3.8) is 0 Å². The lowest BCUT2D eigenvalue weighted by molar-refractivity contribution is -0.144. The molecule has 0 fully saturated rings. The molecule has 0 aliphatic rings. The Morgan fingerprint density at radius 1 is 1.44 bits per heavy atom. The first-order valence-corrected chi connectivity index (χ1v) is 6.07. The first kappa shape index (κ1) is 12.6. The van der Waals surface area contributed by atoms with Gasteiger partial charge in [-0.25, -0.2) is 9.48 Å². The van der Waals surface area contributed by atoms with Crippen molar-refractivity contribution in [2.24, 2.45) is 0 Å². The number of carbonyl (C=O) groups is 1. The van der Waals surface area contributed by atoms with Crippen molar-refractivity contribution in [1.29, 1.82) is 0 Å². The molecule has 1 aromatic heterocycles. The smallest absolute Gasteiger partial charge is 0.344 e. The second kappa shape index (κ2) is 5.22. The van der Waals surface area contributed by atoms with E-state index in [9.17, 15) is 4.79 Å². The highest BCUT2D eigenvalue weighted by Gasteiger charge is 2.17. The van der Waals surface area contributed by atoms with Crippen LogP contribution >= 0.6 is 15.9 Å². The molecule has 0 saturated heterocycles. The Morgan fingerprint density at radius 2 is 2.11 bits per heavy atom. The summed E-state index contributed by atoms with van der Waals surface area (Å²) in [5.74, 6) is -0.773. The topological polar surface area (TPSA) is 64.4 Å². The Kier molecular flexibility index (Phi) is 3.66. The van der Waals surface area contributed by atoms with Crippen LogP contribution in [0.25, 0.3) is 5.69 Å². The van der Waals surface area contributed by atoms with Gasteiger partial charge in [-0.15, -0.1) is 5.10 Å². The molecule has 2 aromatic rings. The van der Waals surface area contributed by atoms with Crippen LogP contribution in [-0.2, 0) is 4.79 Å². The quantitative estimate of drug-likeness (QED) is 0.942. The van der Waals surface area contributed by atoms with Crippen molar-refractivity contribution in [2.45, 2.75) is 13.0 Å². The van der Waals surface area contributed by atoms with Gasteiger partial charge < -0.3 is 9.84 Å². The van der Waals surface area contributed by atoms with Gasteiger partial charge in [-0.05, 0) is 35.0 Å². The number of para-hydroxylation sites is 1. The normalized spacial score (nSPS) is 12.1. The Labute approximate surface area is 112 Å². The maximum atomic E-state index is 10.7. The van der Waals surface area contributed by atoms with Crippen molar-refractivity contribution in [2.75, 3.05) is 0 Å². The summed E-state index contributed by atoms with van der Waals surface area (Å²) in [5.41, 5.74) is 0.871. The minimum Gasteiger partial charge on any atom is -0.479 e. The number of benzene rings is 1. The van der Waals surface area contributed by atoms with Crippen LogP contribution in [-0.4, -0.2) is 27.0 Å². The number of nitrogens with zero attached hydrogens (tertiary/aromatic N) is 2. The molecule has 94 valence electrons. The fourth-order valence-electron chi connectivity index (χ4n) is 1.35. The zero-order valence-electron chi connectivity index (χ0n) is 9.58. The van der Waals surface area contributed by atoms with Crippen LogP contribution in [0, 0.1) is 0 Å². The average Bonchev–Trinajstić information content (AvgIpc) is 2.72. The lowest BCUT2D eigenvalue weighted by Crippen LogP contribution is -2.23. The molecule has 1 atom stereocenters. The molecule has 0 amide bonds. The van der Waals surface area contributed by atoms with Crippen LogP contribution in [0.15, 0.2) is 41.0 Å².